The van der Waals surface area contributed by atoms with E-state index in [1.165, 1.54) is 0 Å². The van der Waals surface area contributed by atoms with Crippen molar-refractivity contribution in [2.45, 2.75) is 0 Å². The molecule has 0 amide bonds. The minimum absolute atomic E-state index is 0.332. The Morgan fingerprint density at radius 2 is 1.89 bits per heavy atom. The Morgan fingerprint density at radius 3 is 2.44 bits per heavy atom. The summed E-state index contributed by atoms with van der Waals surface area (Å²) in [5, 5.41) is 12.8. The van der Waals surface area contributed by atoms with E-state index >= 15 is 0 Å². The van der Waals surface area contributed by atoms with Crippen LogP contribution in [0.3, 0.4) is 0 Å². The first-order valence-corrected chi connectivity index (χ1v) is 5.38. The van der Waals surface area contributed by atoms with Crippen molar-refractivity contribution in [1.29, 1.82) is 5.26 Å². The summed E-state index contributed by atoms with van der Waals surface area (Å²) in [7, 11) is 4.95. The number of nitrogens with one attached hydrogen (secondary N) is 1. The second-order valence-corrected chi connectivity index (χ2v) is 3.61. The molecule has 0 unspecified atom stereocenters. The molecular formula is C13H13N3O2. The highest BCUT2D eigenvalue weighted by molar-refractivity contribution is 6.00. The number of nitriles is 1. The Kier molecular flexibility index (Phi) is 3.20. The largest absolute Gasteiger partial charge is 0.496 e. The molecule has 0 fully saturated rings. The van der Waals surface area contributed by atoms with E-state index < -0.39 is 0 Å². The van der Waals surface area contributed by atoms with Crippen LogP contribution in [0.1, 0.15) is 5.69 Å². The van der Waals surface area contributed by atoms with Crippen LogP contribution < -0.4 is 14.8 Å². The summed E-state index contributed by atoms with van der Waals surface area (Å²) in [6.07, 6.45) is 0. The van der Waals surface area contributed by atoms with Crippen molar-refractivity contribution in [2.75, 3.05) is 26.6 Å². The molecule has 18 heavy (non-hydrogen) atoms. The number of aromatic nitrogens is 1. The molecule has 92 valence electrons. The first kappa shape index (κ1) is 12.0. The number of rotatable bonds is 3. The van der Waals surface area contributed by atoms with Gasteiger partial charge in [0.2, 0.25) is 0 Å². The zero-order valence-corrected chi connectivity index (χ0v) is 10.4. The van der Waals surface area contributed by atoms with Gasteiger partial charge in [0, 0.05) is 7.05 Å². The average molecular weight is 243 g/mol. The fourth-order valence-corrected chi connectivity index (χ4v) is 1.88. The van der Waals surface area contributed by atoms with Crippen molar-refractivity contribution in [3.63, 3.8) is 0 Å². The van der Waals surface area contributed by atoms with Crippen LogP contribution in [-0.4, -0.2) is 26.3 Å². The summed E-state index contributed by atoms with van der Waals surface area (Å²) in [5.41, 5.74) is 1.73. The van der Waals surface area contributed by atoms with E-state index in [1.807, 2.05) is 12.1 Å². The zero-order valence-electron chi connectivity index (χ0n) is 10.4. The molecule has 0 atom stereocenters. The summed E-state index contributed by atoms with van der Waals surface area (Å²) in [5.74, 6) is 1.30. The maximum Gasteiger partial charge on any atom is 0.145 e. The Morgan fingerprint density at radius 1 is 1.22 bits per heavy atom. The van der Waals surface area contributed by atoms with Gasteiger partial charge in [0.25, 0.3) is 0 Å². The standard InChI is InChI=1S/C13H13N3O2/c1-15-9-6-8(7-14)16-13-11(18-3)5-4-10(17-2)12(9)13/h4-6H,1-3H3,(H,15,16). The third-order valence-electron chi connectivity index (χ3n) is 2.71. The van der Waals surface area contributed by atoms with Gasteiger partial charge in [-0.25, -0.2) is 4.98 Å². The Hall–Kier alpha value is -2.48. The molecule has 2 aromatic rings. The van der Waals surface area contributed by atoms with Crippen LogP contribution in [0, 0.1) is 11.3 Å². The van der Waals surface area contributed by atoms with Crippen molar-refractivity contribution >= 4 is 16.6 Å². The fraction of sp³-hybridized carbons (Fsp3) is 0.231. The highest BCUT2D eigenvalue weighted by Gasteiger charge is 2.14. The molecule has 1 N–H and O–H groups in total. The van der Waals surface area contributed by atoms with Crippen molar-refractivity contribution in [2.24, 2.45) is 0 Å². The Bertz CT molecular complexity index is 632. The van der Waals surface area contributed by atoms with Crippen molar-refractivity contribution in [3.05, 3.63) is 23.9 Å². The van der Waals surface area contributed by atoms with Crippen LogP contribution in [0.25, 0.3) is 10.9 Å². The molecule has 1 aromatic carbocycles. The van der Waals surface area contributed by atoms with E-state index in [-0.39, 0.29) is 0 Å². The predicted octanol–water partition coefficient (Wildman–Crippen LogP) is 2.17. The first-order chi connectivity index (χ1) is 8.74. The number of hydrogen-bond acceptors (Lipinski definition) is 5. The molecule has 0 aliphatic rings. The molecular weight excluding hydrogens is 230 g/mol. The number of fused-ring (bicyclic) bond motifs is 1. The molecule has 0 saturated carbocycles. The Labute approximate surface area is 105 Å². The normalized spacial score (nSPS) is 9.89. The zero-order chi connectivity index (χ0) is 13.1. The molecule has 5 nitrogen and oxygen atoms in total. The number of anilines is 1. The van der Waals surface area contributed by atoms with Gasteiger partial charge in [-0.15, -0.1) is 0 Å². The van der Waals surface area contributed by atoms with Gasteiger partial charge in [-0.3, -0.25) is 0 Å². The maximum absolute atomic E-state index is 8.99. The van der Waals surface area contributed by atoms with Crippen LogP contribution in [-0.2, 0) is 0 Å². The van der Waals surface area contributed by atoms with Crippen LogP contribution in [0.5, 0.6) is 11.5 Å². The number of pyridine rings is 1. The van der Waals surface area contributed by atoms with E-state index in [4.69, 9.17) is 14.7 Å². The molecule has 2 rings (SSSR count). The predicted molar refractivity (Wildman–Crippen MR) is 69.1 cm³/mol. The van der Waals surface area contributed by atoms with E-state index in [1.54, 1.807) is 33.4 Å². The summed E-state index contributed by atoms with van der Waals surface area (Å²) >= 11 is 0. The number of hydrogen-bond donors (Lipinski definition) is 1. The fourth-order valence-electron chi connectivity index (χ4n) is 1.88. The molecule has 0 aliphatic heterocycles. The molecule has 0 bridgehead atoms. The van der Waals surface area contributed by atoms with Gasteiger partial charge in [0.05, 0.1) is 25.3 Å². The Balaban J connectivity index is 2.92. The van der Waals surface area contributed by atoms with Gasteiger partial charge >= 0.3 is 0 Å². The van der Waals surface area contributed by atoms with Crippen molar-refractivity contribution < 1.29 is 9.47 Å². The lowest BCUT2D eigenvalue weighted by molar-refractivity contribution is 0.410. The minimum Gasteiger partial charge on any atom is -0.496 e. The van der Waals surface area contributed by atoms with Gasteiger partial charge in [-0.1, -0.05) is 0 Å². The quantitative estimate of drug-likeness (QED) is 0.894. The summed E-state index contributed by atoms with van der Waals surface area (Å²) in [6, 6.07) is 7.31. The van der Waals surface area contributed by atoms with E-state index in [9.17, 15) is 0 Å². The minimum atomic E-state index is 0.332. The monoisotopic (exact) mass is 243 g/mol. The van der Waals surface area contributed by atoms with Crippen molar-refractivity contribution in [3.8, 4) is 17.6 Å². The highest BCUT2D eigenvalue weighted by Crippen LogP contribution is 2.36. The molecule has 0 radical (unpaired) electrons. The second kappa shape index (κ2) is 4.80. The molecule has 0 aliphatic carbocycles. The molecule has 0 saturated heterocycles. The molecule has 1 aromatic heterocycles. The van der Waals surface area contributed by atoms with Gasteiger partial charge in [-0.2, -0.15) is 5.26 Å². The van der Waals surface area contributed by atoms with Gasteiger partial charge in [0.15, 0.2) is 0 Å². The summed E-state index contributed by atoms with van der Waals surface area (Å²) < 4.78 is 10.6. The van der Waals surface area contributed by atoms with E-state index in [0.717, 1.165) is 11.1 Å². The molecule has 1 heterocycles. The van der Waals surface area contributed by atoms with Gasteiger partial charge < -0.3 is 14.8 Å². The SMILES string of the molecule is CNc1cc(C#N)nc2c(OC)ccc(OC)c12. The van der Waals surface area contributed by atoms with Crippen LogP contribution in [0.4, 0.5) is 5.69 Å². The number of benzene rings is 1. The van der Waals surface area contributed by atoms with Crippen LogP contribution in [0.15, 0.2) is 18.2 Å². The summed E-state index contributed by atoms with van der Waals surface area (Å²) in [6.45, 7) is 0. The number of ether oxygens (including phenoxy) is 2. The highest BCUT2D eigenvalue weighted by atomic mass is 16.5. The van der Waals surface area contributed by atoms with Crippen LogP contribution >= 0.6 is 0 Å². The van der Waals surface area contributed by atoms with Crippen LogP contribution in [0.2, 0.25) is 0 Å². The third kappa shape index (κ3) is 1.78. The smallest absolute Gasteiger partial charge is 0.145 e. The van der Waals surface area contributed by atoms with Gasteiger partial charge in [-0.05, 0) is 18.2 Å². The average Bonchev–Trinajstić information content (AvgIpc) is 2.44. The lowest BCUT2D eigenvalue weighted by Crippen LogP contribution is -1.98. The van der Waals surface area contributed by atoms with Crippen molar-refractivity contribution in [1.82, 2.24) is 4.98 Å². The van der Waals surface area contributed by atoms with E-state index in [2.05, 4.69) is 10.3 Å². The van der Waals surface area contributed by atoms with Gasteiger partial charge in [0.1, 0.15) is 28.8 Å². The number of methoxy groups -OCH3 is 2. The second-order valence-electron chi connectivity index (χ2n) is 3.61. The number of nitrogens with zero attached hydrogens (tertiary/aromatic N) is 2. The lowest BCUT2D eigenvalue weighted by Gasteiger charge is -2.13. The molecule has 0 spiro atoms. The summed E-state index contributed by atoms with van der Waals surface area (Å²) in [4.78, 5) is 4.28. The first-order valence-electron chi connectivity index (χ1n) is 5.38. The topological polar surface area (TPSA) is 67.2 Å². The maximum atomic E-state index is 8.99. The van der Waals surface area contributed by atoms with E-state index in [0.29, 0.717) is 22.7 Å². The third-order valence-corrected chi connectivity index (χ3v) is 2.71. The molecule has 5 heteroatoms. The lowest BCUT2D eigenvalue weighted by atomic mass is 10.1.